The molecule has 8 heteroatoms. The van der Waals surface area contributed by atoms with E-state index in [1.54, 1.807) is 30.2 Å². The summed E-state index contributed by atoms with van der Waals surface area (Å²) in [6.45, 7) is 2.83. The molecule has 0 saturated heterocycles. The molecule has 2 aromatic heterocycles. The Balaban J connectivity index is 1.73. The van der Waals surface area contributed by atoms with Crippen LogP contribution in [0.15, 0.2) is 42.5 Å². The zero-order valence-corrected chi connectivity index (χ0v) is 12.0. The fraction of sp³-hybridized carbons (Fsp3) is 0.286. The monoisotopic (exact) mass is 301 g/mol. The molecule has 3 heterocycles. The molecule has 1 amide bonds. The van der Waals surface area contributed by atoms with E-state index in [4.69, 9.17) is 9.47 Å². The summed E-state index contributed by atoms with van der Waals surface area (Å²) in [5.41, 5.74) is 0.816. The number of pyridine rings is 1. The third-order valence-electron chi connectivity index (χ3n) is 3.12. The Labute approximate surface area is 126 Å². The fourth-order valence-electron chi connectivity index (χ4n) is 2.08. The van der Waals surface area contributed by atoms with Crippen LogP contribution >= 0.6 is 0 Å². The van der Waals surface area contributed by atoms with Gasteiger partial charge in [-0.2, -0.15) is 5.10 Å². The van der Waals surface area contributed by atoms with Gasteiger partial charge in [0, 0.05) is 18.3 Å². The summed E-state index contributed by atoms with van der Waals surface area (Å²) < 4.78 is 12.2. The average molecular weight is 301 g/mol. The van der Waals surface area contributed by atoms with Crippen molar-refractivity contribution in [1.29, 1.82) is 0 Å². The quantitative estimate of drug-likeness (QED) is 0.887. The van der Waals surface area contributed by atoms with E-state index in [9.17, 15) is 4.79 Å². The number of aromatic nitrogens is 4. The molecule has 22 heavy (non-hydrogen) atoms. The number of ether oxygens (including phenoxy) is 2. The zero-order chi connectivity index (χ0) is 15.4. The lowest BCUT2D eigenvalue weighted by Gasteiger charge is -2.19. The Morgan fingerprint density at radius 2 is 2.27 bits per heavy atom. The summed E-state index contributed by atoms with van der Waals surface area (Å²) in [4.78, 5) is 20.3. The molecular formula is C14H15N5O3. The van der Waals surface area contributed by atoms with Crippen LogP contribution in [-0.4, -0.2) is 38.9 Å². The Kier molecular flexibility index (Phi) is 3.99. The third-order valence-corrected chi connectivity index (χ3v) is 3.12. The minimum absolute atomic E-state index is 0.220. The molecule has 114 valence electrons. The van der Waals surface area contributed by atoms with Crippen LogP contribution in [0.5, 0.6) is 0 Å². The van der Waals surface area contributed by atoms with Crippen LogP contribution in [0.3, 0.4) is 0 Å². The molecule has 0 spiro atoms. The summed E-state index contributed by atoms with van der Waals surface area (Å²) in [6.07, 6.45) is 4.64. The lowest BCUT2D eigenvalue weighted by atomic mass is 10.2. The fourth-order valence-corrected chi connectivity index (χ4v) is 2.08. The van der Waals surface area contributed by atoms with Gasteiger partial charge in [-0.15, -0.1) is 0 Å². The minimum atomic E-state index is -0.314. The first kappa shape index (κ1) is 14.1. The zero-order valence-electron chi connectivity index (χ0n) is 12.0. The van der Waals surface area contributed by atoms with E-state index in [1.165, 1.54) is 6.33 Å². The number of rotatable bonds is 4. The maximum atomic E-state index is 12.2. The Hall–Kier alpha value is -2.90. The summed E-state index contributed by atoms with van der Waals surface area (Å²) >= 11 is 0. The molecule has 0 atom stereocenters. The molecule has 1 aliphatic rings. The van der Waals surface area contributed by atoms with Gasteiger partial charge in [-0.1, -0.05) is 6.07 Å². The highest BCUT2D eigenvalue weighted by Gasteiger charge is 2.20. The van der Waals surface area contributed by atoms with Crippen molar-refractivity contribution in [3.8, 4) is 5.82 Å². The van der Waals surface area contributed by atoms with Crippen molar-refractivity contribution in [2.45, 2.75) is 13.5 Å². The first-order valence-electron chi connectivity index (χ1n) is 6.79. The molecule has 0 aliphatic carbocycles. The number of amides is 1. The summed E-state index contributed by atoms with van der Waals surface area (Å²) in [7, 11) is 0. The molecule has 0 aromatic carbocycles. The number of nitrogens with zero attached hydrogens (tertiary/aromatic N) is 4. The summed E-state index contributed by atoms with van der Waals surface area (Å²) in [5, 5.41) is 6.85. The van der Waals surface area contributed by atoms with Gasteiger partial charge in [0.05, 0.1) is 0 Å². The van der Waals surface area contributed by atoms with Gasteiger partial charge in [-0.05, 0) is 13.0 Å². The lowest BCUT2D eigenvalue weighted by Crippen LogP contribution is -2.30. The molecule has 0 saturated carbocycles. The predicted molar refractivity (Wildman–Crippen MR) is 75.6 cm³/mol. The molecule has 8 nitrogen and oxygen atoms in total. The van der Waals surface area contributed by atoms with E-state index in [-0.39, 0.29) is 11.7 Å². The number of carbonyl (C=O) groups is 1. The molecule has 2 aromatic rings. The van der Waals surface area contributed by atoms with Gasteiger partial charge in [0.1, 0.15) is 31.6 Å². The second kappa shape index (κ2) is 6.25. The van der Waals surface area contributed by atoms with Crippen molar-refractivity contribution >= 4 is 5.91 Å². The van der Waals surface area contributed by atoms with Crippen molar-refractivity contribution in [1.82, 2.24) is 25.1 Å². The van der Waals surface area contributed by atoms with Crippen LogP contribution in [-0.2, 0) is 20.8 Å². The van der Waals surface area contributed by atoms with Gasteiger partial charge in [0.2, 0.25) is 5.76 Å². The van der Waals surface area contributed by atoms with Gasteiger partial charge < -0.3 is 14.8 Å². The van der Waals surface area contributed by atoms with Crippen molar-refractivity contribution in [3.63, 3.8) is 0 Å². The third kappa shape index (κ3) is 2.90. The van der Waals surface area contributed by atoms with E-state index in [0.717, 1.165) is 5.56 Å². The van der Waals surface area contributed by atoms with Crippen molar-refractivity contribution in [2.75, 3.05) is 13.2 Å². The first-order chi connectivity index (χ1) is 10.8. The van der Waals surface area contributed by atoms with Crippen LogP contribution in [0.25, 0.3) is 5.82 Å². The smallest absolute Gasteiger partial charge is 0.290 e. The number of allylic oxidation sites excluding steroid dienone is 1. The Bertz CT molecular complexity index is 696. The first-order valence-corrected chi connectivity index (χ1v) is 6.79. The topological polar surface area (TPSA) is 91.2 Å². The standard InChI is InChI=1S/C14H15N5O3/c1-10-12(22-6-5-21-10)14(20)17-7-11-3-2-4-16-13(11)19-9-15-8-18-19/h2-4,8-9H,5-7H2,1H3,(H,17,20). The van der Waals surface area contributed by atoms with Gasteiger partial charge >= 0.3 is 0 Å². The molecule has 1 aliphatic heterocycles. The second-order valence-corrected chi connectivity index (χ2v) is 4.59. The van der Waals surface area contributed by atoms with E-state index in [2.05, 4.69) is 20.4 Å². The lowest BCUT2D eigenvalue weighted by molar-refractivity contribution is -0.122. The highest BCUT2D eigenvalue weighted by molar-refractivity contribution is 5.91. The number of hydrogen-bond donors (Lipinski definition) is 1. The Morgan fingerprint density at radius 1 is 1.41 bits per heavy atom. The highest BCUT2D eigenvalue weighted by Crippen LogP contribution is 2.14. The highest BCUT2D eigenvalue weighted by atomic mass is 16.6. The van der Waals surface area contributed by atoms with Crippen LogP contribution in [0.2, 0.25) is 0 Å². The van der Waals surface area contributed by atoms with Crippen LogP contribution in [0.4, 0.5) is 0 Å². The van der Waals surface area contributed by atoms with Gasteiger partial charge in [-0.25, -0.2) is 14.6 Å². The number of nitrogens with one attached hydrogen (secondary N) is 1. The normalized spacial score (nSPS) is 14.2. The molecule has 0 radical (unpaired) electrons. The molecule has 0 fully saturated rings. The summed E-state index contributed by atoms with van der Waals surface area (Å²) in [6, 6.07) is 3.66. The van der Waals surface area contributed by atoms with Crippen LogP contribution in [0, 0.1) is 0 Å². The van der Waals surface area contributed by atoms with Crippen molar-refractivity contribution in [2.24, 2.45) is 0 Å². The molecule has 3 rings (SSSR count). The maximum Gasteiger partial charge on any atom is 0.290 e. The van der Waals surface area contributed by atoms with Gasteiger partial charge in [-0.3, -0.25) is 4.79 Å². The average Bonchev–Trinajstić information content (AvgIpc) is 3.07. The predicted octanol–water partition coefficient (Wildman–Crippen LogP) is 0.557. The molecular weight excluding hydrogens is 286 g/mol. The van der Waals surface area contributed by atoms with Gasteiger partial charge in [0.25, 0.3) is 5.91 Å². The summed E-state index contributed by atoms with van der Waals surface area (Å²) in [5.74, 6) is 1.02. The SMILES string of the molecule is CC1=C(C(=O)NCc2cccnc2-n2cncn2)OCCO1. The number of carbonyl (C=O) groups excluding carboxylic acids is 1. The molecule has 1 N–H and O–H groups in total. The Morgan fingerprint density at radius 3 is 3.05 bits per heavy atom. The van der Waals surface area contributed by atoms with E-state index >= 15 is 0 Å². The number of hydrogen-bond acceptors (Lipinski definition) is 6. The van der Waals surface area contributed by atoms with Crippen LogP contribution in [0.1, 0.15) is 12.5 Å². The van der Waals surface area contributed by atoms with Crippen molar-refractivity contribution in [3.05, 3.63) is 48.1 Å². The molecule has 0 unspecified atom stereocenters. The van der Waals surface area contributed by atoms with E-state index < -0.39 is 0 Å². The maximum absolute atomic E-state index is 12.2. The van der Waals surface area contributed by atoms with E-state index in [0.29, 0.717) is 31.3 Å². The van der Waals surface area contributed by atoms with Gasteiger partial charge in [0.15, 0.2) is 5.82 Å². The minimum Gasteiger partial charge on any atom is -0.491 e. The molecule has 0 bridgehead atoms. The van der Waals surface area contributed by atoms with Crippen molar-refractivity contribution < 1.29 is 14.3 Å². The van der Waals surface area contributed by atoms with Crippen LogP contribution < -0.4 is 5.32 Å². The van der Waals surface area contributed by atoms with E-state index in [1.807, 2.05) is 6.07 Å². The second-order valence-electron chi connectivity index (χ2n) is 4.59. The largest absolute Gasteiger partial charge is 0.491 e.